The number of thioether (sulfide) groups is 1. The third-order valence-corrected chi connectivity index (χ3v) is 7.55. The number of carbonyl (C=O) groups is 1. The molecule has 3 aromatic rings. The molecule has 182 valence electrons. The van der Waals surface area contributed by atoms with Crippen molar-refractivity contribution < 1.29 is 9.53 Å². The molecular weight excluding hydrogens is 468 g/mol. The molecule has 2 aliphatic heterocycles. The number of hydrogen-bond acceptors (Lipinski definition) is 7. The Morgan fingerprint density at radius 1 is 0.889 bits per heavy atom. The van der Waals surface area contributed by atoms with E-state index < -0.39 is 4.99 Å². The van der Waals surface area contributed by atoms with E-state index >= 15 is 0 Å². The fourth-order valence-corrected chi connectivity index (χ4v) is 5.34. The molecule has 0 amide bonds. The summed E-state index contributed by atoms with van der Waals surface area (Å²) >= 11 is 1.39. The van der Waals surface area contributed by atoms with Gasteiger partial charge in [-0.25, -0.2) is 10.0 Å². The Morgan fingerprint density at radius 2 is 1.53 bits per heavy atom. The van der Waals surface area contributed by atoms with Crippen molar-refractivity contribution in [1.29, 1.82) is 0 Å². The van der Waals surface area contributed by atoms with E-state index in [1.54, 1.807) is 14.0 Å². The van der Waals surface area contributed by atoms with Gasteiger partial charge >= 0.3 is 0 Å². The molecule has 5 rings (SSSR count). The lowest BCUT2D eigenvalue weighted by Crippen LogP contribution is -2.53. The minimum atomic E-state index is -0.891. The Balaban J connectivity index is 1.63. The molecule has 1 atom stereocenters. The van der Waals surface area contributed by atoms with E-state index in [-0.39, 0.29) is 5.78 Å². The van der Waals surface area contributed by atoms with Gasteiger partial charge in [-0.1, -0.05) is 56.3 Å². The molecule has 0 fully saturated rings. The zero-order chi connectivity index (χ0) is 25.3. The summed E-state index contributed by atoms with van der Waals surface area (Å²) in [5.74, 6) is 1.12. The summed E-state index contributed by atoms with van der Waals surface area (Å²) in [6.07, 6.45) is 4.10. The van der Waals surface area contributed by atoms with Gasteiger partial charge in [0.15, 0.2) is 10.8 Å². The number of allylic oxidation sites excluding steroid dienone is 1. The summed E-state index contributed by atoms with van der Waals surface area (Å²) < 4.78 is 5.34. The van der Waals surface area contributed by atoms with Gasteiger partial charge in [-0.3, -0.25) is 4.79 Å². The van der Waals surface area contributed by atoms with E-state index in [0.717, 1.165) is 28.4 Å². The van der Waals surface area contributed by atoms with Crippen LogP contribution >= 0.6 is 11.8 Å². The lowest BCUT2D eigenvalue weighted by molar-refractivity contribution is -0.110. The number of anilines is 2. The first-order valence-electron chi connectivity index (χ1n) is 11.9. The van der Waals surface area contributed by atoms with Gasteiger partial charge in [0.05, 0.1) is 24.2 Å². The number of Topliss-reactive ketones (excluding diaryl/α,β-unsaturated/α-hetero) is 1. The molecule has 0 bridgehead atoms. The van der Waals surface area contributed by atoms with Crippen molar-refractivity contribution in [1.82, 2.24) is 0 Å². The van der Waals surface area contributed by atoms with E-state index in [1.165, 1.54) is 17.3 Å². The highest BCUT2D eigenvalue weighted by molar-refractivity contribution is 8.17. The molecule has 0 saturated heterocycles. The molecule has 0 unspecified atom stereocenters. The van der Waals surface area contributed by atoms with Crippen LogP contribution < -0.4 is 14.8 Å². The second-order valence-electron chi connectivity index (χ2n) is 8.97. The standard InChI is InChI=1S/C29H28N4O2S/c1-20(2)22-10-12-23(13-11-22)27-18-19-29(32(30-27)24-8-6-5-7-9-24)33(31-28(36-29)21(3)34)25-14-16-26(35-4)17-15-25/h5-20H,1-4H3/t29-/m1/s1. The van der Waals surface area contributed by atoms with Crippen LogP contribution in [0.5, 0.6) is 5.75 Å². The van der Waals surface area contributed by atoms with Crippen molar-refractivity contribution in [3.8, 4) is 5.75 Å². The minimum absolute atomic E-state index is 0.0872. The molecule has 0 aromatic heterocycles. The first-order valence-corrected chi connectivity index (χ1v) is 12.7. The summed E-state index contributed by atoms with van der Waals surface area (Å²) in [6.45, 7) is 5.92. The predicted molar refractivity (Wildman–Crippen MR) is 149 cm³/mol. The Bertz CT molecular complexity index is 1350. The first-order chi connectivity index (χ1) is 17.4. The van der Waals surface area contributed by atoms with Gasteiger partial charge in [0.2, 0.25) is 4.99 Å². The molecule has 7 heteroatoms. The van der Waals surface area contributed by atoms with E-state index in [0.29, 0.717) is 11.0 Å². The number of carbonyl (C=O) groups excluding carboxylic acids is 1. The van der Waals surface area contributed by atoms with E-state index in [4.69, 9.17) is 14.9 Å². The van der Waals surface area contributed by atoms with Crippen molar-refractivity contribution in [3.63, 3.8) is 0 Å². The molecule has 6 nitrogen and oxygen atoms in total. The number of hydrogen-bond donors (Lipinski definition) is 0. The molecule has 2 aliphatic rings. The maximum atomic E-state index is 12.5. The smallest absolute Gasteiger partial charge is 0.227 e. The average molecular weight is 497 g/mol. The summed E-state index contributed by atoms with van der Waals surface area (Å²) in [5, 5.41) is 14.1. The van der Waals surface area contributed by atoms with Crippen molar-refractivity contribution in [2.45, 2.75) is 31.7 Å². The second kappa shape index (κ2) is 9.66. The predicted octanol–water partition coefficient (Wildman–Crippen LogP) is 6.41. The molecule has 36 heavy (non-hydrogen) atoms. The molecule has 2 heterocycles. The monoisotopic (exact) mass is 496 g/mol. The number of methoxy groups -OCH3 is 1. The Morgan fingerprint density at radius 3 is 2.14 bits per heavy atom. The third-order valence-electron chi connectivity index (χ3n) is 6.20. The number of hydrazone groups is 2. The zero-order valence-electron chi connectivity index (χ0n) is 20.8. The van der Waals surface area contributed by atoms with Gasteiger partial charge < -0.3 is 4.74 Å². The largest absolute Gasteiger partial charge is 0.497 e. The zero-order valence-corrected chi connectivity index (χ0v) is 21.6. The molecule has 3 aromatic carbocycles. The van der Waals surface area contributed by atoms with E-state index in [2.05, 4.69) is 44.2 Å². The van der Waals surface area contributed by atoms with Crippen LogP contribution in [-0.4, -0.2) is 28.6 Å². The molecule has 1 spiro atoms. The van der Waals surface area contributed by atoms with Gasteiger partial charge in [0.1, 0.15) is 5.75 Å². The van der Waals surface area contributed by atoms with Gasteiger partial charge in [-0.05, 0) is 71.8 Å². The molecule has 0 N–H and O–H groups in total. The van der Waals surface area contributed by atoms with E-state index in [9.17, 15) is 4.79 Å². The summed E-state index contributed by atoms with van der Waals surface area (Å²) in [5.41, 5.74) is 4.87. The van der Waals surface area contributed by atoms with Gasteiger partial charge in [0.25, 0.3) is 0 Å². The molecule has 0 saturated carbocycles. The number of nitrogens with zero attached hydrogens (tertiary/aromatic N) is 4. The SMILES string of the molecule is COc1ccc(N2N=C(C(C)=O)S[C@@]23C=CC(c2ccc(C(C)C)cc2)=NN3c2ccccc2)cc1. The molecular formula is C29H28N4O2S. The van der Waals surface area contributed by atoms with Gasteiger partial charge in [0, 0.05) is 12.5 Å². The number of para-hydroxylation sites is 1. The fourth-order valence-electron chi connectivity index (χ4n) is 4.19. The quantitative estimate of drug-likeness (QED) is 0.395. The highest BCUT2D eigenvalue weighted by atomic mass is 32.2. The lowest BCUT2D eigenvalue weighted by Gasteiger charge is -2.43. The number of benzene rings is 3. The summed E-state index contributed by atoms with van der Waals surface area (Å²) in [6, 6.07) is 26.2. The number of rotatable bonds is 6. The molecule has 0 aliphatic carbocycles. The summed E-state index contributed by atoms with van der Waals surface area (Å²) in [4.78, 5) is 11.6. The van der Waals surface area contributed by atoms with Gasteiger partial charge in [-0.15, -0.1) is 0 Å². The number of ether oxygens (including phenoxy) is 1. The van der Waals surface area contributed by atoms with Crippen LogP contribution in [0.4, 0.5) is 11.4 Å². The van der Waals surface area contributed by atoms with E-state index in [1.807, 2.05) is 70.7 Å². The van der Waals surface area contributed by atoms with Crippen LogP contribution in [0.15, 0.2) is 101 Å². The fraction of sp³-hybridized carbons (Fsp3) is 0.207. The second-order valence-corrected chi connectivity index (χ2v) is 10.2. The van der Waals surface area contributed by atoms with Crippen LogP contribution in [0.2, 0.25) is 0 Å². The lowest BCUT2D eigenvalue weighted by atomic mass is 10.00. The van der Waals surface area contributed by atoms with Crippen LogP contribution in [0.3, 0.4) is 0 Å². The summed E-state index contributed by atoms with van der Waals surface area (Å²) in [7, 11) is 1.64. The van der Waals surface area contributed by atoms with Crippen LogP contribution in [0.1, 0.15) is 37.8 Å². The van der Waals surface area contributed by atoms with Crippen LogP contribution in [0.25, 0.3) is 0 Å². The third kappa shape index (κ3) is 4.31. The first kappa shape index (κ1) is 23.9. The van der Waals surface area contributed by atoms with Crippen molar-refractivity contribution in [3.05, 3.63) is 102 Å². The molecule has 0 radical (unpaired) electrons. The highest BCUT2D eigenvalue weighted by Gasteiger charge is 2.50. The Labute approximate surface area is 216 Å². The Hall–Kier alpha value is -3.84. The number of ketones is 1. The van der Waals surface area contributed by atoms with Crippen molar-refractivity contribution in [2.75, 3.05) is 17.1 Å². The van der Waals surface area contributed by atoms with Crippen molar-refractivity contribution >= 4 is 39.7 Å². The van der Waals surface area contributed by atoms with Crippen LogP contribution in [-0.2, 0) is 4.79 Å². The topological polar surface area (TPSA) is 57.5 Å². The Kier molecular flexibility index (Phi) is 6.41. The normalized spacial score (nSPS) is 19.0. The maximum absolute atomic E-state index is 12.5. The maximum Gasteiger partial charge on any atom is 0.227 e. The highest BCUT2D eigenvalue weighted by Crippen LogP contribution is 2.48. The average Bonchev–Trinajstić information content (AvgIpc) is 3.29. The van der Waals surface area contributed by atoms with Crippen LogP contribution in [0, 0.1) is 0 Å². The van der Waals surface area contributed by atoms with Crippen molar-refractivity contribution in [2.24, 2.45) is 10.2 Å². The van der Waals surface area contributed by atoms with Gasteiger partial charge in [-0.2, -0.15) is 10.2 Å². The minimum Gasteiger partial charge on any atom is -0.497 e.